The van der Waals surface area contributed by atoms with Gasteiger partial charge in [0.05, 0.1) is 11.3 Å². The Morgan fingerprint density at radius 3 is 2.52 bits per heavy atom. The molecular weight excluding hydrogens is 413 g/mol. The number of Topliss-reactive ketones (excluding diaryl/α,β-unsaturated/α-hetero) is 1. The number of carbonyl (C=O) groups is 1. The zero-order valence-electron chi connectivity index (χ0n) is 17.8. The summed E-state index contributed by atoms with van der Waals surface area (Å²) in [5.41, 5.74) is 2.34. The number of thioether (sulfide) groups is 1. The first-order valence-corrected chi connectivity index (χ1v) is 10.9. The van der Waals surface area contributed by atoms with Crippen LogP contribution in [0.4, 0.5) is 4.39 Å². The summed E-state index contributed by atoms with van der Waals surface area (Å²) in [7, 11) is 3.93. The van der Waals surface area contributed by atoms with Gasteiger partial charge in [0.15, 0.2) is 16.8 Å². The second-order valence-corrected chi connectivity index (χ2v) is 8.97. The molecule has 2 unspecified atom stereocenters. The number of H-pyrrole nitrogens is 1. The van der Waals surface area contributed by atoms with Crippen molar-refractivity contribution >= 4 is 28.4 Å². The van der Waals surface area contributed by atoms with E-state index in [4.69, 9.17) is 0 Å². The molecule has 1 N–H and O–H groups in total. The largest absolute Gasteiger partial charge is 0.360 e. The second kappa shape index (κ2) is 8.64. The highest BCUT2D eigenvalue weighted by Crippen LogP contribution is 2.31. The number of hydrogen-bond donors (Lipinski definition) is 1. The van der Waals surface area contributed by atoms with E-state index in [0.29, 0.717) is 10.7 Å². The zero-order valence-corrected chi connectivity index (χ0v) is 18.7. The van der Waals surface area contributed by atoms with Crippen LogP contribution in [0.25, 0.3) is 16.6 Å². The van der Waals surface area contributed by atoms with Gasteiger partial charge in [-0.05, 0) is 58.3 Å². The van der Waals surface area contributed by atoms with Gasteiger partial charge in [0, 0.05) is 28.4 Å². The van der Waals surface area contributed by atoms with Crippen molar-refractivity contribution in [2.24, 2.45) is 0 Å². The first-order valence-electron chi connectivity index (χ1n) is 10.0. The van der Waals surface area contributed by atoms with Crippen molar-refractivity contribution in [2.75, 3.05) is 14.1 Å². The average Bonchev–Trinajstić information content (AvgIpc) is 3.37. The van der Waals surface area contributed by atoms with E-state index in [1.54, 1.807) is 18.3 Å². The molecule has 2 atom stereocenters. The summed E-state index contributed by atoms with van der Waals surface area (Å²) in [6.45, 7) is 3.90. The van der Waals surface area contributed by atoms with E-state index in [0.717, 1.165) is 22.4 Å². The lowest BCUT2D eigenvalue weighted by Gasteiger charge is -2.21. The summed E-state index contributed by atoms with van der Waals surface area (Å²) in [5.74, 6) is 0.431. The van der Waals surface area contributed by atoms with Crippen molar-refractivity contribution in [3.05, 3.63) is 71.9 Å². The minimum Gasteiger partial charge on any atom is -0.360 e. The van der Waals surface area contributed by atoms with E-state index in [9.17, 15) is 9.18 Å². The molecule has 0 aliphatic heterocycles. The van der Waals surface area contributed by atoms with Crippen LogP contribution in [0.15, 0.2) is 59.9 Å². The van der Waals surface area contributed by atoms with Crippen LogP contribution in [0.3, 0.4) is 0 Å². The number of fused-ring (bicyclic) bond motifs is 1. The molecule has 0 aliphatic rings. The van der Waals surface area contributed by atoms with E-state index in [2.05, 4.69) is 15.2 Å². The third-order valence-corrected chi connectivity index (χ3v) is 6.44. The van der Waals surface area contributed by atoms with Gasteiger partial charge >= 0.3 is 0 Å². The molecule has 0 amide bonds. The maximum atomic E-state index is 13.5. The lowest BCUT2D eigenvalue weighted by Crippen LogP contribution is -2.21. The molecule has 0 spiro atoms. The molecule has 0 fully saturated rings. The van der Waals surface area contributed by atoms with Crippen molar-refractivity contribution in [3.63, 3.8) is 0 Å². The number of nitrogens with one attached hydrogen (secondary N) is 1. The number of nitrogens with zero attached hydrogens (tertiary/aromatic N) is 4. The highest BCUT2D eigenvalue weighted by atomic mass is 32.2. The first-order chi connectivity index (χ1) is 14.9. The minimum atomic E-state index is -0.384. The topological polar surface area (TPSA) is 66.8 Å². The number of benzene rings is 2. The number of ketones is 1. The van der Waals surface area contributed by atoms with Crippen LogP contribution < -0.4 is 0 Å². The van der Waals surface area contributed by atoms with Crippen molar-refractivity contribution in [1.82, 2.24) is 24.6 Å². The van der Waals surface area contributed by atoms with Crippen LogP contribution in [-0.4, -0.2) is 49.8 Å². The van der Waals surface area contributed by atoms with Gasteiger partial charge in [0.2, 0.25) is 0 Å². The van der Waals surface area contributed by atoms with Gasteiger partial charge < -0.3 is 4.98 Å². The van der Waals surface area contributed by atoms with Gasteiger partial charge in [-0.1, -0.05) is 30.0 Å². The molecule has 160 valence electrons. The Morgan fingerprint density at radius 2 is 1.81 bits per heavy atom. The highest BCUT2D eigenvalue weighted by Gasteiger charge is 2.26. The number of para-hydroxylation sites is 1. The fraction of sp³-hybridized carbons (Fsp3) is 0.261. The van der Waals surface area contributed by atoms with E-state index in [-0.39, 0.29) is 22.9 Å². The van der Waals surface area contributed by atoms with E-state index >= 15 is 0 Å². The van der Waals surface area contributed by atoms with Crippen LogP contribution in [0.5, 0.6) is 0 Å². The Hall–Kier alpha value is -2.97. The predicted molar refractivity (Wildman–Crippen MR) is 121 cm³/mol. The fourth-order valence-corrected chi connectivity index (χ4v) is 4.34. The third-order valence-electron chi connectivity index (χ3n) is 5.40. The Balaban J connectivity index is 1.69. The van der Waals surface area contributed by atoms with E-state index in [1.165, 1.54) is 23.9 Å². The molecule has 2 heterocycles. The molecule has 31 heavy (non-hydrogen) atoms. The standard InChI is InChI=1S/C23H24FN5OS/c1-14(28(3)4)22-26-27-23(29(22)17-11-9-16(24)10-12-17)31-15(2)21(30)19-13-25-20-8-6-5-7-18(19)20/h5-15,25H,1-4H3. The quantitative estimate of drug-likeness (QED) is 0.330. The minimum absolute atomic E-state index is 0.0123. The van der Waals surface area contributed by atoms with Crippen LogP contribution in [0.2, 0.25) is 0 Å². The summed E-state index contributed by atoms with van der Waals surface area (Å²) in [5, 5.41) is 9.89. The van der Waals surface area contributed by atoms with E-state index < -0.39 is 0 Å². The molecule has 6 nitrogen and oxygen atoms in total. The van der Waals surface area contributed by atoms with Crippen molar-refractivity contribution in [3.8, 4) is 5.69 Å². The Bertz CT molecular complexity index is 1210. The van der Waals surface area contributed by atoms with Gasteiger partial charge in [0.25, 0.3) is 0 Å². The summed E-state index contributed by atoms with van der Waals surface area (Å²) in [6.07, 6.45) is 1.76. The number of halogens is 1. The SMILES string of the molecule is CC(Sc1nnc(C(C)N(C)C)n1-c1ccc(F)cc1)C(=O)c1c[nH]c2ccccc12. The molecule has 0 saturated heterocycles. The maximum absolute atomic E-state index is 13.5. The lowest BCUT2D eigenvalue weighted by atomic mass is 10.1. The Morgan fingerprint density at radius 1 is 1.10 bits per heavy atom. The molecule has 0 bridgehead atoms. The summed E-state index contributed by atoms with van der Waals surface area (Å²) in [4.78, 5) is 18.4. The fourth-order valence-electron chi connectivity index (χ4n) is 3.40. The molecule has 8 heteroatoms. The molecular formula is C23H24FN5OS. The predicted octanol–water partition coefficient (Wildman–Crippen LogP) is 4.87. The average molecular weight is 438 g/mol. The van der Waals surface area contributed by atoms with Gasteiger partial charge in [0.1, 0.15) is 5.82 Å². The normalized spacial score (nSPS) is 13.6. The number of aromatic amines is 1. The summed E-state index contributed by atoms with van der Waals surface area (Å²) < 4.78 is 15.4. The van der Waals surface area contributed by atoms with Crippen molar-refractivity contribution in [2.45, 2.75) is 30.3 Å². The molecule has 2 aromatic carbocycles. The summed E-state index contributed by atoms with van der Waals surface area (Å²) in [6, 6.07) is 13.9. The van der Waals surface area contributed by atoms with E-state index in [1.807, 2.05) is 61.7 Å². The Labute approximate surface area is 184 Å². The number of rotatable bonds is 7. The molecule has 0 saturated carbocycles. The number of aromatic nitrogens is 4. The van der Waals surface area contributed by atoms with Crippen LogP contribution in [0.1, 0.15) is 36.1 Å². The van der Waals surface area contributed by atoms with Gasteiger partial charge in [-0.2, -0.15) is 0 Å². The zero-order chi connectivity index (χ0) is 22.1. The third kappa shape index (κ3) is 4.13. The number of carbonyl (C=O) groups excluding carboxylic acids is 1. The summed E-state index contributed by atoms with van der Waals surface area (Å²) >= 11 is 1.35. The van der Waals surface area contributed by atoms with Gasteiger partial charge in [-0.15, -0.1) is 10.2 Å². The van der Waals surface area contributed by atoms with Gasteiger partial charge in [-0.25, -0.2) is 4.39 Å². The van der Waals surface area contributed by atoms with Crippen LogP contribution in [-0.2, 0) is 0 Å². The van der Waals surface area contributed by atoms with Crippen LogP contribution >= 0.6 is 11.8 Å². The Kier molecular flexibility index (Phi) is 5.93. The molecule has 4 aromatic rings. The van der Waals surface area contributed by atoms with Crippen molar-refractivity contribution < 1.29 is 9.18 Å². The molecule has 0 radical (unpaired) electrons. The monoisotopic (exact) mass is 437 g/mol. The second-order valence-electron chi connectivity index (χ2n) is 7.66. The molecule has 4 rings (SSSR count). The van der Waals surface area contributed by atoms with Gasteiger partial charge in [-0.3, -0.25) is 14.3 Å². The number of hydrogen-bond acceptors (Lipinski definition) is 5. The maximum Gasteiger partial charge on any atom is 0.196 e. The smallest absolute Gasteiger partial charge is 0.196 e. The lowest BCUT2D eigenvalue weighted by molar-refractivity contribution is 0.0995. The highest BCUT2D eigenvalue weighted by molar-refractivity contribution is 8.00. The van der Waals surface area contributed by atoms with Crippen LogP contribution in [0, 0.1) is 5.82 Å². The molecule has 0 aliphatic carbocycles. The molecule has 2 aromatic heterocycles. The first kappa shape index (κ1) is 21.3. The van der Waals surface area contributed by atoms with Crippen molar-refractivity contribution in [1.29, 1.82) is 0 Å².